The molecule has 0 amide bonds. The second-order valence-electron chi connectivity index (χ2n) is 3.48. The van der Waals surface area contributed by atoms with Gasteiger partial charge in [0, 0.05) is 18.0 Å². The van der Waals surface area contributed by atoms with Gasteiger partial charge in [0.05, 0.1) is 0 Å². The fraction of sp³-hybridized carbons (Fsp3) is 0.545. The highest BCUT2D eigenvalue weighted by Gasteiger charge is 2.08. The van der Waals surface area contributed by atoms with E-state index >= 15 is 0 Å². The highest BCUT2D eigenvalue weighted by atomic mass is 16.2. The summed E-state index contributed by atoms with van der Waals surface area (Å²) in [6.07, 6.45) is 0.714. The van der Waals surface area contributed by atoms with Crippen molar-refractivity contribution in [1.29, 1.82) is 0 Å². The van der Waals surface area contributed by atoms with E-state index in [0.717, 1.165) is 11.4 Å². The van der Waals surface area contributed by atoms with Gasteiger partial charge in [-0.3, -0.25) is 4.98 Å². The van der Waals surface area contributed by atoms with Crippen molar-refractivity contribution < 1.29 is 5.11 Å². The minimum Gasteiger partial charge on any atom is -0.396 e. The fourth-order valence-electron chi connectivity index (χ4n) is 1.65. The van der Waals surface area contributed by atoms with Crippen molar-refractivity contribution in [3.05, 3.63) is 28.1 Å². The Morgan fingerprint density at radius 3 is 2.15 bits per heavy atom. The van der Waals surface area contributed by atoms with E-state index in [4.69, 9.17) is 5.11 Å². The van der Waals surface area contributed by atoms with E-state index in [1.54, 1.807) is 0 Å². The number of hydrogen-bond acceptors (Lipinski definition) is 2. The molecule has 1 N–H and O–H groups in total. The van der Waals surface area contributed by atoms with Crippen molar-refractivity contribution in [2.24, 2.45) is 0 Å². The standard InChI is InChI=1S/C11H17NO/c1-7-8(2)11(5-6-13)10(4)12-9(7)3/h13H,5-6H2,1-4H3. The van der Waals surface area contributed by atoms with Crippen molar-refractivity contribution in [3.8, 4) is 0 Å². The van der Waals surface area contributed by atoms with Crippen LogP contribution in [-0.4, -0.2) is 16.7 Å². The van der Waals surface area contributed by atoms with Crippen LogP contribution in [0.2, 0.25) is 0 Å². The molecule has 1 rings (SSSR count). The number of aryl methyl sites for hydroxylation is 2. The van der Waals surface area contributed by atoms with Crippen molar-refractivity contribution in [1.82, 2.24) is 4.98 Å². The monoisotopic (exact) mass is 179 g/mol. The summed E-state index contributed by atoms with van der Waals surface area (Å²) < 4.78 is 0. The predicted molar refractivity (Wildman–Crippen MR) is 54.0 cm³/mol. The molecule has 13 heavy (non-hydrogen) atoms. The van der Waals surface area contributed by atoms with E-state index in [1.807, 2.05) is 13.8 Å². The molecule has 0 fully saturated rings. The van der Waals surface area contributed by atoms with E-state index in [1.165, 1.54) is 16.7 Å². The Hall–Kier alpha value is -0.890. The lowest BCUT2D eigenvalue weighted by Gasteiger charge is -2.12. The molecule has 0 aliphatic heterocycles. The lowest BCUT2D eigenvalue weighted by Crippen LogP contribution is -2.04. The van der Waals surface area contributed by atoms with Crippen molar-refractivity contribution in [2.45, 2.75) is 34.1 Å². The van der Waals surface area contributed by atoms with Gasteiger partial charge in [-0.2, -0.15) is 0 Å². The average molecular weight is 179 g/mol. The minimum atomic E-state index is 0.200. The first-order valence-corrected chi connectivity index (χ1v) is 4.62. The summed E-state index contributed by atoms with van der Waals surface area (Å²) in [5.41, 5.74) is 5.87. The maximum Gasteiger partial charge on any atom is 0.0472 e. The SMILES string of the molecule is Cc1nc(C)c(CCO)c(C)c1C. The molecule has 0 bridgehead atoms. The van der Waals surface area contributed by atoms with Crippen molar-refractivity contribution in [3.63, 3.8) is 0 Å². The zero-order chi connectivity index (χ0) is 10.0. The number of rotatable bonds is 2. The van der Waals surface area contributed by atoms with E-state index in [0.29, 0.717) is 6.42 Å². The topological polar surface area (TPSA) is 33.1 Å². The third-order valence-corrected chi connectivity index (χ3v) is 2.69. The first-order valence-electron chi connectivity index (χ1n) is 4.62. The lowest BCUT2D eigenvalue weighted by atomic mass is 9.99. The van der Waals surface area contributed by atoms with E-state index in [-0.39, 0.29) is 6.61 Å². The summed E-state index contributed by atoms with van der Waals surface area (Å²) in [6, 6.07) is 0. The molecular weight excluding hydrogens is 162 g/mol. The van der Waals surface area contributed by atoms with Crippen LogP contribution in [0.1, 0.15) is 28.1 Å². The maximum atomic E-state index is 8.90. The third-order valence-electron chi connectivity index (χ3n) is 2.69. The Morgan fingerprint density at radius 1 is 1.00 bits per heavy atom. The van der Waals surface area contributed by atoms with Crippen molar-refractivity contribution >= 4 is 0 Å². The fourth-order valence-corrected chi connectivity index (χ4v) is 1.65. The van der Waals surface area contributed by atoms with E-state index in [2.05, 4.69) is 18.8 Å². The van der Waals surface area contributed by atoms with Gasteiger partial charge in [-0.05, 0) is 50.8 Å². The molecule has 2 heteroatoms. The first-order chi connectivity index (χ1) is 6.07. The van der Waals surface area contributed by atoms with Crippen LogP contribution in [-0.2, 0) is 6.42 Å². The summed E-state index contributed by atoms with van der Waals surface area (Å²) in [5, 5.41) is 8.90. The Bertz CT molecular complexity index is 318. The quantitative estimate of drug-likeness (QED) is 0.751. The maximum absolute atomic E-state index is 8.90. The summed E-state index contributed by atoms with van der Waals surface area (Å²) in [6.45, 7) is 8.41. The second kappa shape index (κ2) is 3.88. The zero-order valence-electron chi connectivity index (χ0n) is 8.81. The summed E-state index contributed by atoms with van der Waals surface area (Å²) in [7, 11) is 0. The molecule has 72 valence electrons. The Balaban J connectivity index is 3.26. The molecule has 0 saturated carbocycles. The number of nitrogens with zero attached hydrogens (tertiary/aromatic N) is 1. The van der Waals surface area contributed by atoms with Crippen LogP contribution in [0, 0.1) is 27.7 Å². The van der Waals surface area contributed by atoms with Gasteiger partial charge in [0.2, 0.25) is 0 Å². The molecule has 0 unspecified atom stereocenters. The number of aliphatic hydroxyl groups is 1. The van der Waals surface area contributed by atoms with Gasteiger partial charge in [-0.25, -0.2) is 0 Å². The minimum absolute atomic E-state index is 0.200. The largest absolute Gasteiger partial charge is 0.396 e. The highest BCUT2D eigenvalue weighted by molar-refractivity contribution is 5.38. The average Bonchev–Trinajstić information content (AvgIpc) is 2.09. The molecule has 2 nitrogen and oxygen atoms in total. The normalized spacial score (nSPS) is 10.5. The smallest absolute Gasteiger partial charge is 0.0472 e. The second-order valence-corrected chi connectivity index (χ2v) is 3.48. The Labute approximate surface area is 79.6 Å². The summed E-state index contributed by atoms with van der Waals surface area (Å²) in [4.78, 5) is 4.44. The first kappa shape index (κ1) is 10.2. The summed E-state index contributed by atoms with van der Waals surface area (Å²) >= 11 is 0. The molecular formula is C11H17NO. The van der Waals surface area contributed by atoms with Crippen LogP contribution in [0.4, 0.5) is 0 Å². The van der Waals surface area contributed by atoms with Gasteiger partial charge < -0.3 is 5.11 Å². The Kier molecular flexibility index (Phi) is 3.04. The van der Waals surface area contributed by atoms with Crippen LogP contribution in [0.5, 0.6) is 0 Å². The molecule has 0 atom stereocenters. The highest BCUT2D eigenvalue weighted by Crippen LogP contribution is 2.18. The van der Waals surface area contributed by atoms with Crippen LogP contribution >= 0.6 is 0 Å². The number of aromatic nitrogens is 1. The molecule has 0 spiro atoms. The molecule has 0 aromatic carbocycles. The van der Waals surface area contributed by atoms with E-state index < -0.39 is 0 Å². The predicted octanol–water partition coefficient (Wildman–Crippen LogP) is 1.85. The van der Waals surface area contributed by atoms with Crippen LogP contribution < -0.4 is 0 Å². The molecule has 1 heterocycles. The Morgan fingerprint density at radius 2 is 1.62 bits per heavy atom. The number of aliphatic hydroxyl groups excluding tert-OH is 1. The molecule has 0 radical (unpaired) electrons. The zero-order valence-corrected chi connectivity index (χ0v) is 8.81. The van der Waals surface area contributed by atoms with Gasteiger partial charge in [0.1, 0.15) is 0 Å². The molecule has 0 aliphatic carbocycles. The number of pyridine rings is 1. The number of hydrogen-bond donors (Lipinski definition) is 1. The third kappa shape index (κ3) is 1.89. The van der Waals surface area contributed by atoms with Crippen LogP contribution in [0.15, 0.2) is 0 Å². The molecule has 0 saturated heterocycles. The lowest BCUT2D eigenvalue weighted by molar-refractivity contribution is 0.299. The van der Waals surface area contributed by atoms with Gasteiger partial charge in [-0.1, -0.05) is 0 Å². The van der Waals surface area contributed by atoms with Crippen molar-refractivity contribution in [2.75, 3.05) is 6.61 Å². The van der Waals surface area contributed by atoms with Gasteiger partial charge in [0.15, 0.2) is 0 Å². The molecule has 0 aliphatic rings. The van der Waals surface area contributed by atoms with Gasteiger partial charge >= 0.3 is 0 Å². The van der Waals surface area contributed by atoms with E-state index in [9.17, 15) is 0 Å². The van der Waals surface area contributed by atoms with Gasteiger partial charge in [-0.15, -0.1) is 0 Å². The summed E-state index contributed by atoms with van der Waals surface area (Å²) in [5.74, 6) is 0. The molecule has 1 aromatic heterocycles. The van der Waals surface area contributed by atoms with Crippen LogP contribution in [0.3, 0.4) is 0 Å². The van der Waals surface area contributed by atoms with Gasteiger partial charge in [0.25, 0.3) is 0 Å². The molecule has 1 aromatic rings. The van der Waals surface area contributed by atoms with Crippen LogP contribution in [0.25, 0.3) is 0 Å².